The number of hydrogen-bond acceptors (Lipinski definition) is 2. The Balaban J connectivity index is 1.12. The predicted octanol–water partition coefficient (Wildman–Crippen LogP) is 13.3. The number of rotatable bonds is 5. The Morgan fingerprint density at radius 1 is 0.500 bits per heavy atom. The van der Waals surface area contributed by atoms with Crippen molar-refractivity contribution in [2.24, 2.45) is 0 Å². The summed E-state index contributed by atoms with van der Waals surface area (Å²) >= 11 is 4.47. The maximum Gasteiger partial charge on any atom is 0.0461 e. The van der Waals surface area contributed by atoms with Crippen LogP contribution in [0.4, 0.5) is 11.4 Å². The summed E-state index contributed by atoms with van der Waals surface area (Å²) in [5.74, 6) is 0. The molecule has 0 saturated heterocycles. The van der Waals surface area contributed by atoms with Gasteiger partial charge in [-0.15, -0.1) is 12.6 Å². The lowest BCUT2D eigenvalue weighted by atomic mass is 9.79. The molecule has 0 spiro atoms. The van der Waals surface area contributed by atoms with Crippen molar-refractivity contribution in [1.82, 2.24) is 0 Å². The van der Waals surface area contributed by atoms with Crippen LogP contribution < -0.4 is 4.90 Å². The molecule has 3 aliphatic rings. The minimum Gasteiger partial charge on any atom is -0.311 e. The number of nitrogens with zero attached hydrogens (tertiary/aromatic N) is 1. The van der Waals surface area contributed by atoms with Crippen molar-refractivity contribution >= 4 is 24.0 Å². The van der Waals surface area contributed by atoms with E-state index in [2.05, 4.69) is 179 Å². The Bertz CT molecular complexity index is 2350. The van der Waals surface area contributed by atoms with Crippen LogP contribution in [-0.2, 0) is 10.8 Å². The first kappa shape index (κ1) is 31.0. The summed E-state index contributed by atoms with van der Waals surface area (Å²) in [5, 5.41) is 0. The van der Waals surface area contributed by atoms with Crippen LogP contribution >= 0.6 is 12.6 Å². The second-order valence-electron chi connectivity index (χ2n) is 15.1. The largest absolute Gasteiger partial charge is 0.311 e. The molecule has 6 aromatic rings. The van der Waals surface area contributed by atoms with Crippen LogP contribution in [0.15, 0.2) is 156 Å². The zero-order valence-corrected chi connectivity index (χ0v) is 30.1. The maximum atomic E-state index is 4.47. The summed E-state index contributed by atoms with van der Waals surface area (Å²) in [6.07, 6.45) is 9.03. The van der Waals surface area contributed by atoms with E-state index in [1.165, 1.54) is 72.5 Å². The van der Waals surface area contributed by atoms with Crippen LogP contribution in [0, 0.1) is 0 Å². The molecule has 0 fully saturated rings. The molecule has 0 saturated carbocycles. The van der Waals surface area contributed by atoms with E-state index in [9.17, 15) is 0 Å². The molecule has 1 nitrogen and oxygen atoms in total. The average molecular weight is 664 g/mol. The third-order valence-corrected chi connectivity index (χ3v) is 11.7. The molecule has 244 valence electrons. The molecule has 0 bridgehead atoms. The summed E-state index contributed by atoms with van der Waals surface area (Å²) in [5.41, 5.74) is 19.6. The van der Waals surface area contributed by atoms with Crippen molar-refractivity contribution in [2.45, 2.75) is 56.3 Å². The van der Waals surface area contributed by atoms with E-state index < -0.39 is 0 Å². The highest BCUT2D eigenvalue weighted by atomic mass is 32.1. The van der Waals surface area contributed by atoms with Gasteiger partial charge < -0.3 is 4.90 Å². The molecule has 50 heavy (non-hydrogen) atoms. The Kier molecular flexibility index (Phi) is 7.13. The van der Waals surface area contributed by atoms with Crippen molar-refractivity contribution in [2.75, 3.05) is 4.90 Å². The van der Waals surface area contributed by atoms with E-state index in [1.807, 2.05) is 12.1 Å². The number of thiol groups is 1. The number of anilines is 2. The molecule has 0 heterocycles. The molecule has 0 atom stereocenters. The van der Waals surface area contributed by atoms with Crippen LogP contribution in [0.2, 0.25) is 0 Å². The van der Waals surface area contributed by atoms with Crippen molar-refractivity contribution in [1.29, 1.82) is 0 Å². The van der Waals surface area contributed by atoms with E-state index >= 15 is 0 Å². The average Bonchev–Trinajstić information content (AvgIpc) is 3.51. The topological polar surface area (TPSA) is 3.24 Å². The molecule has 0 unspecified atom stereocenters. The van der Waals surface area contributed by atoms with Gasteiger partial charge in [0.05, 0.1) is 0 Å². The third-order valence-electron chi connectivity index (χ3n) is 11.4. The standard InChI is InChI=1S/C48H41NS/c1-47(2)42-15-9-8-13-39(42)40-29-45-41(30-44(40)47)46-38(14-10-16-43(46)48(45,3)4)33-19-25-36(26-20-33)49(34-11-6-5-7-12-34)35-23-17-31(18-24-35)32-21-27-37(50)28-22-32/h6,8-30,50H,5,7H2,1-4H3. The van der Waals surface area contributed by atoms with Gasteiger partial charge in [0.1, 0.15) is 0 Å². The highest BCUT2D eigenvalue weighted by Crippen LogP contribution is 2.57. The minimum atomic E-state index is -0.0884. The summed E-state index contributed by atoms with van der Waals surface area (Å²) < 4.78 is 0. The molecule has 0 aliphatic heterocycles. The first-order valence-corrected chi connectivity index (χ1v) is 18.3. The molecule has 0 amide bonds. The summed E-state index contributed by atoms with van der Waals surface area (Å²) in [7, 11) is 0. The second kappa shape index (κ2) is 11.5. The van der Waals surface area contributed by atoms with Gasteiger partial charge in [0.15, 0.2) is 0 Å². The van der Waals surface area contributed by atoms with Crippen LogP contribution in [0.25, 0.3) is 44.5 Å². The van der Waals surface area contributed by atoms with Crippen molar-refractivity contribution < 1.29 is 0 Å². The fraction of sp³-hybridized carbons (Fsp3) is 0.167. The van der Waals surface area contributed by atoms with Gasteiger partial charge in [-0.25, -0.2) is 0 Å². The van der Waals surface area contributed by atoms with Gasteiger partial charge >= 0.3 is 0 Å². The lowest BCUT2D eigenvalue weighted by molar-refractivity contribution is 0.652. The predicted molar refractivity (Wildman–Crippen MR) is 215 cm³/mol. The van der Waals surface area contributed by atoms with E-state index in [0.717, 1.165) is 29.1 Å². The molecular weight excluding hydrogens is 623 g/mol. The van der Waals surface area contributed by atoms with Gasteiger partial charge in [-0.3, -0.25) is 0 Å². The molecule has 0 N–H and O–H groups in total. The van der Waals surface area contributed by atoms with Gasteiger partial charge in [0, 0.05) is 32.8 Å². The lowest BCUT2D eigenvalue weighted by Gasteiger charge is -2.28. The molecule has 0 aromatic heterocycles. The first-order chi connectivity index (χ1) is 24.2. The number of benzene rings is 6. The van der Waals surface area contributed by atoms with Crippen molar-refractivity contribution in [3.8, 4) is 44.5 Å². The molecule has 9 rings (SSSR count). The number of hydrogen-bond donors (Lipinski definition) is 1. The zero-order valence-electron chi connectivity index (χ0n) is 29.2. The van der Waals surface area contributed by atoms with Gasteiger partial charge in [0.2, 0.25) is 0 Å². The zero-order chi connectivity index (χ0) is 34.2. The lowest BCUT2D eigenvalue weighted by Crippen LogP contribution is -2.16. The normalized spacial score (nSPS) is 15.9. The molecule has 0 radical (unpaired) electrons. The number of fused-ring (bicyclic) bond motifs is 6. The SMILES string of the molecule is CC1(C)c2ccccc2-c2cc3c(cc21)-c1c(-c2ccc(N(C4=CCCC=C4)c4ccc(-c5ccc(S)cc5)cc4)cc2)cccc1C3(C)C. The Morgan fingerprint density at radius 2 is 1.06 bits per heavy atom. The van der Waals surface area contributed by atoms with Crippen LogP contribution in [0.3, 0.4) is 0 Å². The van der Waals surface area contributed by atoms with Gasteiger partial charge in [-0.1, -0.05) is 119 Å². The Labute approximate surface area is 302 Å². The van der Waals surface area contributed by atoms with Gasteiger partial charge in [-0.05, 0) is 134 Å². The van der Waals surface area contributed by atoms with Crippen molar-refractivity contribution in [3.63, 3.8) is 0 Å². The van der Waals surface area contributed by atoms with Crippen molar-refractivity contribution in [3.05, 3.63) is 174 Å². The monoisotopic (exact) mass is 663 g/mol. The van der Waals surface area contributed by atoms with Gasteiger partial charge in [0.25, 0.3) is 0 Å². The first-order valence-electron chi connectivity index (χ1n) is 17.8. The summed E-state index contributed by atoms with van der Waals surface area (Å²) in [6, 6.07) is 47.4. The quantitative estimate of drug-likeness (QED) is 0.180. The van der Waals surface area contributed by atoms with Crippen LogP contribution in [0.5, 0.6) is 0 Å². The molecular formula is C48H41NS. The fourth-order valence-electron chi connectivity index (χ4n) is 8.68. The van der Waals surface area contributed by atoms with Crippen LogP contribution in [0.1, 0.15) is 62.8 Å². The Morgan fingerprint density at radius 3 is 1.74 bits per heavy atom. The van der Waals surface area contributed by atoms with E-state index in [1.54, 1.807) is 0 Å². The minimum absolute atomic E-state index is 0.0363. The summed E-state index contributed by atoms with van der Waals surface area (Å²) in [6.45, 7) is 9.55. The fourth-order valence-corrected chi connectivity index (χ4v) is 8.83. The van der Waals surface area contributed by atoms with E-state index in [4.69, 9.17) is 0 Å². The second-order valence-corrected chi connectivity index (χ2v) is 15.6. The molecule has 2 heteroatoms. The number of allylic oxidation sites excluding steroid dienone is 3. The molecule has 3 aliphatic carbocycles. The van der Waals surface area contributed by atoms with Crippen LogP contribution in [-0.4, -0.2) is 0 Å². The third kappa shape index (κ3) is 4.76. The summed E-state index contributed by atoms with van der Waals surface area (Å²) in [4.78, 5) is 3.36. The highest BCUT2D eigenvalue weighted by molar-refractivity contribution is 7.80. The molecule has 6 aromatic carbocycles. The van der Waals surface area contributed by atoms with Gasteiger partial charge in [-0.2, -0.15) is 0 Å². The van der Waals surface area contributed by atoms with E-state index in [-0.39, 0.29) is 10.8 Å². The van der Waals surface area contributed by atoms with E-state index in [0.29, 0.717) is 0 Å². The smallest absolute Gasteiger partial charge is 0.0461 e. The maximum absolute atomic E-state index is 4.47. The highest BCUT2D eigenvalue weighted by Gasteiger charge is 2.42. The Hall–Kier alpha value is -5.05.